The zero-order chi connectivity index (χ0) is 18.4. The van der Waals surface area contributed by atoms with Crippen molar-refractivity contribution < 1.29 is 14.4 Å². The van der Waals surface area contributed by atoms with E-state index in [1.165, 1.54) is 6.07 Å². The lowest BCUT2D eigenvalue weighted by Crippen LogP contribution is -2.25. The van der Waals surface area contributed by atoms with E-state index in [1.54, 1.807) is 30.7 Å². The average Bonchev–Trinajstić information content (AvgIpc) is 3.10. The third kappa shape index (κ3) is 5.11. The van der Waals surface area contributed by atoms with Crippen LogP contribution in [0.4, 0.5) is 4.39 Å². The fourth-order valence-corrected chi connectivity index (χ4v) is 2.65. The van der Waals surface area contributed by atoms with Crippen LogP contribution < -0.4 is 5.48 Å². The second-order valence-electron chi connectivity index (χ2n) is 5.85. The summed E-state index contributed by atoms with van der Waals surface area (Å²) in [5.41, 5.74) is 5.15. The average molecular weight is 363 g/mol. The van der Waals surface area contributed by atoms with E-state index in [0.717, 1.165) is 23.3 Å². The highest BCUT2D eigenvalue weighted by atomic mass is 35.5. The SMILES string of the molecule is Cc1ccccc1F.Cc1ncc(C2=CC(C(=O)NO)CC2)cc1Cl. The Labute approximate surface area is 151 Å². The number of nitrogens with zero attached hydrogens (tertiary/aromatic N) is 1. The summed E-state index contributed by atoms with van der Waals surface area (Å²) in [7, 11) is 0. The zero-order valence-electron chi connectivity index (χ0n) is 14.1. The van der Waals surface area contributed by atoms with Gasteiger partial charge in [-0.15, -0.1) is 0 Å². The molecule has 0 saturated heterocycles. The standard InChI is InChI=1S/C12H13ClN2O2.C7H7F/c1-7-11(13)5-10(6-14-7)8-2-3-9(4-8)12(16)15-17;1-6-4-2-3-5-7(6)8/h4-6,9,17H,2-3H2,1H3,(H,15,16);2-5H,1H3. The van der Waals surface area contributed by atoms with E-state index in [1.807, 2.05) is 25.1 Å². The van der Waals surface area contributed by atoms with Gasteiger partial charge in [-0.1, -0.05) is 35.9 Å². The maximum absolute atomic E-state index is 12.3. The van der Waals surface area contributed by atoms with Crippen molar-refractivity contribution in [3.8, 4) is 0 Å². The maximum Gasteiger partial charge on any atom is 0.250 e. The number of carbonyl (C=O) groups is 1. The number of hydrogen-bond donors (Lipinski definition) is 2. The molecule has 1 aliphatic carbocycles. The highest BCUT2D eigenvalue weighted by molar-refractivity contribution is 6.31. The number of rotatable bonds is 2. The first kappa shape index (κ1) is 19.1. The first-order chi connectivity index (χ1) is 11.9. The van der Waals surface area contributed by atoms with Gasteiger partial charge in [0.1, 0.15) is 5.82 Å². The normalized spacial score (nSPS) is 15.9. The van der Waals surface area contributed by atoms with E-state index < -0.39 is 0 Å². The van der Waals surface area contributed by atoms with Gasteiger partial charge in [-0.25, -0.2) is 9.87 Å². The summed E-state index contributed by atoms with van der Waals surface area (Å²) in [6, 6.07) is 8.56. The Morgan fingerprint density at radius 3 is 2.64 bits per heavy atom. The van der Waals surface area contributed by atoms with E-state index in [2.05, 4.69) is 4.98 Å². The summed E-state index contributed by atoms with van der Waals surface area (Å²) in [5, 5.41) is 9.19. The van der Waals surface area contributed by atoms with Crippen LogP contribution in [0.25, 0.3) is 5.57 Å². The highest BCUT2D eigenvalue weighted by Gasteiger charge is 2.23. The Morgan fingerprint density at radius 2 is 2.08 bits per heavy atom. The Kier molecular flexibility index (Phi) is 6.67. The number of halogens is 2. The summed E-state index contributed by atoms with van der Waals surface area (Å²) in [6.07, 6.45) is 5.10. The number of benzene rings is 1. The van der Waals surface area contributed by atoms with Crippen LogP contribution in [-0.2, 0) is 4.79 Å². The Morgan fingerprint density at radius 1 is 1.36 bits per heavy atom. The largest absolute Gasteiger partial charge is 0.289 e. The molecule has 1 unspecified atom stereocenters. The molecule has 6 heteroatoms. The molecule has 0 spiro atoms. The molecule has 2 N–H and O–H groups in total. The fraction of sp³-hybridized carbons (Fsp3) is 0.263. The number of aromatic nitrogens is 1. The van der Waals surface area contributed by atoms with Crippen LogP contribution in [0.5, 0.6) is 0 Å². The number of allylic oxidation sites excluding steroid dienone is 1. The van der Waals surface area contributed by atoms with Gasteiger partial charge in [0.2, 0.25) is 5.91 Å². The summed E-state index contributed by atoms with van der Waals surface area (Å²) < 4.78 is 12.3. The highest BCUT2D eigenvalue weighted by Crippen LogP contribution is 2.32. The number of hydroxylamine groups is 1. The smallest absolute Gasteiger partial charge is 0.250 e. The summed E-state index contributed by atoms with van der Waals surface area (Å²) in [4.78, 5) is 15.5. The van der Waals surface area contributed by atoms with Gasteiger partial charge in [-0.05, 0) is 55.5 Å². The van der Waals surface area contributed by atoms with E-state index in [4.69, 9.17) is 16.8 Å². The predicted molar refractivity (Wildman–Crippen MR) is 95.8 cm³/mol. The lowest BCUT2D eigenvalue weighted by molar-refractivity contribution is -0.131. The minimum Gasteiger partial charge on any atom is -0.289 e. The Hall–Kier alpha value is -2.24. The number of nitrogens with one attached hydrogen (secondary N) is 1. The van der Waals surface area contributed by atoms with Crippen LogP contribution in [0.2, 0.25) is 5.02 Å². The molecular formula is C19H20ClFN2O2. The molecule has 0 aliphatic heterocycles. The molecule has 0 radical (unpaired) electrons. The van der Waals surface area contributed by atoms with Crippen molar-refractivity contribution in [2.45, 2.75) is 26.7 Å². The molecule has 2 aromatic rings. The quantitative estimate of drug-likeness (QED) is 0.611. The monoisotopic (exact) mass is 362 g/mol. The number of pyridine rings is 1. The van der Waals surface area contributed by atoms with Crippen LogP contribution >= 0.6 is 11.6 Å². The Balaban J connectivity index is 0.000000236. The molecule has 1 amide bonds. The van der Waals surface area contributed by atoms with Gasteiger partial charge in [0, 0.05) is 6.20 Å². The van der Waals surface area contributed by atoms with Gasteiger partial charge < -0.3 is 0 Å². The number of amides is 1. The molecule has 1 aromatic heterocycles. The second-order valence-corrected chi connectivity index (χ2v) is 6.26. The fourth-order valence-electron chi connectivity index (χ4n) is 2.48. The van der Waals surface area contributed by atoms with Gasteiger partial charge in [0.25, 0.3) is 0 Å². The summed E-state index contributed by atoms with van der Waals surface area (Å²) in [6.45, 7) is 3.59. The first-order valence-corrected chi connectivity index (χ1v) is 8.28. The number of hydrogen-bond acceptors (Lipinski definition) is 3. The molecule has 1 atom stereocenters. The van der Waals surface area contributed by atoms with Crippen molar-refractivity contribution in [2.24, 2.45) is 5.92 Å². The van der Waals surface area contributed by atoms with Gasteiger partial charge in [0.15, 0.2) is 0 Å². The van der Waals surface area contributed by atoms with Crippen molar-refractivity contribution in [2.75, 3.05) is 0 Å². The molecule has 25 heavy (non-hydrogen) atoms. The van der Waals surface area contributed by atoms with Crippen molar-refractivity contribution >= 4 is 23.1 Å². The minimum absolute atomic E-state index is 0.132. The van der Waals surface area contributed by atoms with Crippen LogP contribution in [-0.4, -0.2) is 16.1 Å². The van der Waals surface area contributed by atoms with Crippen LogP contribution in [0.1, 0.15) is 29.7 Å². The first-order valence-electron chi connectivity index (χ1n) is 7.90. The van der Waals surface area contributed by atoms with Crippen molar-refractivity contribution in [3.63, 3.8) is 0 Å². The molecular weight excluding hydrogens is 343 g/mol. The lowest BCUT2D eigenvalue weighted by atomic mass is 10.1. The van der Waals surface area contributed by atoms with E-state index in [0.29, 0.717) is 17.0 Å². The topological polar surface area (TPSA) is 62.2 Å². The summed E-state index contributed by atoms with van der Waals surface area (Å²) >= 11 is 6.01. The molecule has 132 valence electrons. The Bertz CT molecular complexity index is 772. The molecule has 4 nitrogen and oxygen atoms in total. The van der Waals surface area contributed by atoms with Crippen molar-refractivity contribution in [1.29, 1.82) is 0 Å². The van der Waals surface area contributed by atoms with Crippen LogP contribution in [0.15, 0.2) is 42.6 Å². The van der Waals surface area contributed by atoms with Crippen LogP contribution in [0, 0.1) is 25.6 Å². The van der Waals surface area contributed by atoms with Crippen molar-refractivity contribution in [3.05, 3.63) is 70.3 Å². The molecule has 0 fully saturated rings. The van der Waals surface area contributed by atoms with Gasteiger partial charge in [-0.3, -0.25) is 15.0 Å². The van der Waals surface area contributed by atoms with E-state index in [9.17, 15) is 9.18 Å². The predicted octanol–water partition coefficient (Wildman–Crippen LogP) is 4.48. The third-order valence-corrected chi connectivity index (χ3v) is 4.43. The molecule has 0 bridgehead atoms. The second kappa shape index (κ2) is 8.74. The zero-order valence-corrected chi connectivity index (χ0v) is 14.8. The third-order valence-electron chi connectivity index (χ3n) is 4.05. The lowest BCUT2D eigenvalue weighted by Gasteiger charge is -2.03. The van der Waals surface area contributed by atoms with Crippen LogP contribution in [0.3, 0.4) is 0 Å². The molecule has 1 aliphatic rings. The van der Waals surface area contributed by atoms with Crippen molar-refractivity contribution in [1.82, 2.24) is 10.5 Å². The number of aryl methyl sites for hydroxylation is 2. The van der Waals surface area contributed by atoms with E-state index >= 15 is 0 Å². The van der Waals surface area contributed by atoms with E-state index in [-0.39, 0.29) is 17.6 Å². The summed E-state index contributed by atoms with van der Waals surface area (Å²) in [5.74, 6) is -0.770. The minimum atomic E-state index is -0.369. The molecule has 1 aromatic carbocycles. The van der Waals surface area contributed by atoms with Gasteiger partial charge in [-0.2, -0.15) is 0 Å². The van der Waals surface area contributed by atoms with Gasteiger partial charge >= 0.3 is 0 Å². The maximum atomic E-state index is 12.3. The number of carbonyl (C=O) groups excluding carboxylic acids is 1. The molecule has 1 heterocycles. The molecule has 0 saturated carbocycles. The molecule has 3 rings (SSSR count). The van der Waals surface area contributed by atoms with Gasteiger partial charge in [0.05, 0.1) is 16.6 Å².